The first-order valence-corrected chi connectivity index (χ1v) is 6.54. The lowest BCUT2D eigenvalue weighted by atomic mass is 10.1. The standard InChI is InChI=1S/C12H20N2S/c1-9-5-12(15-10(9)2)8-14-7-11-3-4-13-6-11/h5,11,13-14H,3-4,6-8H2,1-2H3. The van der Waals surface area contributed by atoms with Crippen LogP contribution in [0.4, 0.5) is 0 Å². The zero-order valence-corrected chi connectivity index (χ0v) is 10.4. The molecule has 1 unspecified atom stereocenters. The van der Waals surface area contributed by atoms with E-state index in [0.29, 0.717) is 0 Å². The van der Waals surface area contributed by atoms with Crippen molar-refractivity contribution in [2.45, 2.75) is 26.8 Å². The Morgan fingerprint density at radius 2 is 2.40 bits per heavy atom. The number of hydrogen-bond donors (Lipinski definition) is 2. The molecule has 1 atom stereocenters. The minimum absolute atomic E-state index is 0.840. The zero-order chi connectivity index (χ0) is 10.7. The van der Waals surface area contributed by atoms with E-state index in [1.807, 2.05) is 11.3 Å². The largest absolute Gasteiger partial charge is 0.316 e. The van der Waals surface area contributed by atoms with Gasteiger partial charge in [0.05, 0.1) is 0 Å². The molecule has 15 heavy (non-hydrogen) atoms. The number of nitrogens with one attached hydrogen (secondary N) is 2. The number of thiophene rings is 1. The lowest BCUT2D eigenvalue weighted by molar-refractivity contribution is 0.514. The molecule has 0 bridgehead atoms. The fourth-order valence-electron chi connectivity index (χ4n) is 2.02. The van der Waals surface area contributed by atoms with Crippen LogP contribution in [-0.4, -0.2) is 19.6 Å². The van der Waals surface area contributed by atoms with Crippen LogP contribution in [0.25, 0.3) is 0 Å². The normalized spacial score (nSPS) is 21.1. The van der Waals surface area contributed by atoms with Crippen LogP contribution in [0.3, 0.4) is 0 Å². The van der Waals surface area contributed by atoms with Crippen LogP contribution in [0.15, 0.2) is 6.07 Å². The fraction of sp³-hybridized carbons (Fsp3) is 0.667. The second kappa shape index (κ2) is 5.10. The minimum Gasteiger partial charge on any atom is -0.316 e. The summed E-state index contributed by atoms with van der Waals surface area (Å²) in [5, 5.41) is 6.95. The fourth-order valence-corrected chi connectivity index (χ4v) is 3.05. The highest BCUT2D eigenvalue weighted by Crippen LogP contribution is 2.20. The first-order chi connectivity index (χ1) is 7.25. The van der Waals surface area contributed by atoms with Gasteiger partial charge in [-0.2, -0.15) is 0 Å². The van der Waals surface area contributed by atoms with Crippen LogP contribution in [0, 0.1) is 19.8 Å². The summed E-state index contributed by atoms with van der Waals surface area (Å²) in [4.78, 5) is 2.92. The van der Waals surface area contributed by atoms with Crippen LogP contribution in [0.5, 0.6) is 0 Å². The smallest absolute Gasteiger partial charge is 0.0300 e. The van der Waals surface area contributed by atoms with Crippen LogP contribution >= 0.6 is 11.3 Å². The summed E-state index contributed by atoms with van der Waals surface area (Å²) in [6.45, 7) is 8.97. The quantitative estimate of drug-likeness (QED) is 0.818. The lowest BCUT2D eigenvalue weighted by Crippen LogP contribution is -2.23. The van der Waals surface area contributed by atoms with Crippen molar-refractivity contribution >= 4 is 11.3 Å². The third-order valence-corrected chi connectivity index (χ3v) is 4.26. The van der Waals surface area contributed by atoms with Crippen molar-refractivity contribution in [1.29, 1.82) is 0 Å². The van der Waals surface area contributed by atoms with Gasteiger partial charge in [0.2, 0.25) is 0 Å². The molecule has 1 aromatic heterocycles. The Balaban J connectivity index is 1.73. The molecule has 2 heterocycles. The van der Waals surface area contributed by atoms with Gasteiger partial charge >= 0.3 is 0 Å². The van der Waals surface area contributed by atoms with Crippen LogP contribution in [0.1, 0.15) is 21.7 Å². The molecule has 1 aromatic rings. The molecule has 1 aliphatic heterocycles. The molecule has 0 saturated carbocycles. The summed E-state index contributed by atoms with van der Waals surface area (Å²) in [5.74, 6) is 0.840. The van der Waals surface area contributed by atoms with Crippen LogP contribution in [0.2, 0.25) is 0 Å². The predicted octanol–water partition coefficient (Wildman–Crippen LogP) is 2.06. The van der Waals surface area contributed by atoms with Crippen molar-refractivity contribution in [3.8, 4) is 0 Å². The van der Waals surface area contributed by atoms with Crippen LogP contribution in [-0.2, 0) is 6.54 Å². The molecule has 1 fully saturated rings. The molecule has 1 aliphatic rings. The molecule has 2 nitrogen and oxygen atoms in total. The van der Waals surface area contributed by atoms with Gasteiger partial charge in [-0.1, -0.05) is 0 Å². The second-order valence-corrected chi connectivity index (χ2v) is 5.78. The van der Waals surface area contributed by atoms with Gasteiger partial charge in [-0.3, -0.25) is 0 Å². The van der Waals surface area contributed by atoms with Crippen LogP contribution < -0.4 is 10.6 Å². The van der Waals surface area contributed by atoms with E-state index in [1.54, 1.807) is 0 Å². The van der Waals surface area contributed by atoms with Gasteiger partial charge < -0.3 is 10.6 Å². The molecular weight excluding hydrogens is 204 g/mol. The summed E-state index contributed by atoms with van der Waals surface area (Å²) in [7, 11) is 0. The van der Waals surface area contributed by atoms with Gasteiger partial charge in [-0.05, 0) is 57.5 Å². The number of rotatable bonds is 4. The second-order valence-electron chi connectivity index (χ2n) is 4.44. The Morgan fingerprint density at radius 3 is 3.00 bits per heavy atom. The molecule has 1 saturated heterocycles. The minimum atomic E-state index is 0.840. The molecule has 0 aliphatic carbocycles. The van der Waals surface area contributed by atoms with E-state index in [4.69, 9.17) is 0 Å². The highest BCUT2D eigenvalue weighted by Gasteiger charge is 2.13. The highest BCUT2D eigenvalue weighted by atomic mass is 32.1. The highest BCUT2D eigenvalue weighted by molar-refractivity contribution is 7.12. The molecule has 0 radical (unpaired) electrons. The number of aryl methyl sites for hydroxylation is 2. The summed E-state index contributed by atoms with van der Waals surface area (Å²) >= 11 is 1.92. The Kier molecular flexibility index (Phi) is 3.78. The maximum absolute atomic E-state index is 3.55. The van der Waals surface area contributed by atoms with Gasteiger partial charge in [0.25, 0.3) is 0 Å². The Labute approximate surface area is 96.1 Å². The van der Waals surface area contributed by atoms with Crippen molar-refractivity contribution in [1.82, 2.24) is 10.6 Å². The van der Waals surface area contributed by atoms with E-state index in [2.05, 4.69) is 30.5 Å². The van der Waals surface area contributed by atoms with E-state index in [9.17, 15) is 0 Å². The Morgan fingerprint density at radius 1 is 1.53 bits per heavy atom. The van der Waals surface area contributed by atoms with E-state index in [0.717, 1.165) is 19.0 Å². The maximum Gasteiger partial charge on any atom is 0.0300 e. The number of hydrogen-bond acceptors (Lipinski definition) is 3. The Hall–Kier alpha value is -0.380. The predicted molar refractivity (Wildman–Crippen MR) is 66.5 cm³/mol. The van der Waals surface area contributed by atoms with Crippen molar-refractivity contribution in [3.63, 3.8) is 0 Å². The topological polar surface area (TPSA) is 24.1 Å². The monoisotopic (exact) mass is 224 g/mol. The summed E-state index contributed by atoms with van der Waals surface area (Å²) in [5.41, 5.74) is 1.43. The Bertz CT molecular complexity index is 294. The van der Waals surface area contributed by atoms with Gasteiger partial charge in [0, 0.05) is 16.3 Å². The first-order valence-electron chi connectivity index (χ1n) is 5.73. The summed E-state index contributed by atoms with van der Waals surface area (Å²) < 4.78 is 0. The molecule has 0 aromatic carbocycles. The van der Waals surface area contributed by atoms with Gasteiger partial charge in [0.1, 0.15) is 0 Å². The van der Waals surface area contributed by atoms with Crippen molar-refractivity contribution in [2.75, 3.05) is 19.6 Å². The summed E-state index contributed by atoms with van der Waals surface area (Å²) in [6.07, 6.45) is 1.33. The van der Waals surface area contributed by atoms with E-state index in [-0.39, 0.29) is 0 Å². The lowest BCUT2D eigenvalue weighted by Gasteiger charge is -2.08. The third-order valence-electron chi connectivity index (χ3n) is 3.11. The van der Waals surface area contributed by atoms with E-state index in [1.165, 1.54) is 34.8 Å². The van der Waals surface area contributed by atoms with Gasteiger partial charge in [-0.25, -0.2) is 0 Å². The maximum atomic E-state index is 3.55. The van der Waals surface area contributed by atoms with E-state index >= 15 is 0 Å². The van der Waals surface area contributed by atoms with Crippen molar-refractivity contribution in [3.05, 3.63) is 21.4 Å². The van der Waals surface area contributed by atoms with Crippen molar-refractivity contribution in [2.24, 2.45) is 5.92 Å². The van der Waals surface area contributed by atoms with Gasteiger partial charge in [0.15, 0.2) is 0 Å². The molecule has 2 N–H and O–H groups in total. The molecule has 3 heteroatoms. The van der Waals surface area contributed by atoms with Crippen molar-refractivity contribution < 1.29 is 0 Å². The molecular formula is C12H20N2S. The molecule has 0 spiro atoms. The first kappa shape index (κ1) is 11.1. The zero-order valence-electron chi connectivity index (χ0n) is 9.60. The average molecular weight is 224 g/mol. The molecule has 84 valence electrons. The average Bonchev–Trinajstić information content (AvgIpc) is 2.79. The molecule has 2 rings (SSSR count). The van der Waals surface area contributed by atoms with E-state index < -0.39 is 0 Å². The van der Waals surface area contributed by atoms with Gasteiger partial charge in [-0.15, -0.1) is 11.3 Å². The third kappa shape index (κ3) is 3.03. The molecule has 0 amide bonds. The SMILES string of the molecule is Cc1cc(CNCC2CCNC2)sc1C. The summed E-state index contributed by atoms with van der Waals surface area (Å²) in [6, 6.07) is 2.31.